The van der Waals surface area contributed by atoms with Crippen LogP contribution in [0, 0.1) is 15.9 Å². The smallest absolute Gasteiger partial charge is 0.445 e. The topological polar surface area (TPSA) is 261 Å². The Labute approximate surface area is 379 Å². The Hall–Kier alpha value is -5.95. The van der Waals surface area contributed by atoms with E-state index < -0.39 is 94.9 Å². The molecule has 0 fully saturated rings. The summed E-state index contributed by atoms with van der Waals surface area (Å²) >= 11 is 6.04. The molecule has 0 radical (unpaired) electrons. The molecule has 3 atom stereocenters. The SMILES string of the molecule is CC(C)N(C(=O)COc1nnc(C(F)(F)F)s1)c1ccc(F)cc1.CCOC(=O)C(C)OC(=O)c1cc(Oc2ccc(C(F)(F)F)cc2Cl)ccc1[N+](=O)[O-].CP(=O)(O)CCC(N)C(=O)O. The summed E-state index contributed by atoms with van der Waals surface area (Å²) in [6.45, 7) is 6.97. The third-order valence-electron chi connectivity index (χ3n) is 7.80. The molecule has 4 N–H and O–H groups in total. The average Bonchev–Trinajstić information content (AvgIpc) is 3.71. The van der Waals surface area contributed by atoms with Gasteiger partial charge in [0.15, 0.2) is 20.1 Å². The lowest BCUT2D eigenvalue weighted by Crippen LogP contribution is -2.40. The maximum atomic E-state index is 13.0. The van der Waals surface area contributed by atoms with E-state index in [4.69, 9.17) is 46.3 Å². The number of nitro groups is 1. The quantitative estimate of drug-likeness (QED) is 0.0313. The van der Waals surface area contributed by atoms with E-state index in [0.717, 1.165) is 30.3 Å². The molecule has 0 spiro atoms. The zero-order chi connectivity index (χ0) is 50.3. The lowest BCUT2D eigenvalue weighted by Gasteiger charge is -2.26. The molecular weight excluding hydrogens is 966 g/mol. The molecule has 1 heterocycles. The van der Waals surface area contributed by atoms with E-state index >= 15 is 0 Å². The molecule has 0 bridgehead atoms. The molecule has 66 heavy (non-hydrogen) atoms. The molecule has 1 amide bonds. The molecule has 28 heteroatoms. The van der Waals surface area contributed by atoms with Crippen LogP contribution < -0.4 is 20.1 Å². The molecule has 0 saturated heterocycles. The predicted octanol–water partition coefficient (Wildman–Crippen LogP) is 8.37. The van der Waals surface area contributed by atoms with Crippen LogP contribution in [-0.4, -0.2) is 93.2 Å². The molecule has 4 aromatic rings. The Bertz CT molecular complexity index is 2370. The minimum absolute atomic E-state index is 0.0398. The number of hydrogen-bond acceptors (Lipinski definition) is 15. The van der Waals surface area contributed by atoms with Crippen molar-refractivity contribution in [2.75, 3.05) is 30.9 Å². The van der Waals surface area contributed by atoms with E-state index in [2.05, 4.69) is 10.2 Å². The van der Waals surface area contributed by atoms with Crippen molar-refractivity contribution in [3.63, 3.8) is 0 Å². The van der Waals surface area contributed by atoms with Crippen molar-refractivity contribution >= 4 is 65.5 Å². The van der Waals surface area contributed by atoms with Crippen LogP contribution in [0.25, 0.3) is 0 Å². The van der Waals surface area contributed by atoms with Gasteiger partial charge in [-0.2, -0.15) is 26.3 Å². The molecule has 0 aliphatic heterocycles. The molecule has 0 saturated carbocycles. The summed E-state index contributed by atoms with van der Waals surface area (Å²) in [5.74, 6) is -4.44. The number of carbonyl (C=O) groups is 4. The third kappa shape index (κ3) is 18.5. The van der Waals surface area contributed by atoms with Crippen molar-refractivity contribution in [3.05, 3.63) is 97.8 Å². The number of rotatable bonds is 16. The number of nitrogens with zero attached hydrogens (tertiary/aromatic N) is 4. The van der Waals surface area contributed by atoms with Gasteiger partial charge in [-0.3, -0.25) is 24.3 Å². The summed E-state index contributed by atoms with van der Waals surface area (Å²) in [5, 5.41) is 23.9. The number of nitrogens with two attached hydrogens (primary N) is 1. The van der Waals surface area contributed by atoms with Crippen LogP contribution in [0.2, 0.25) is 5.02 Å². The van der Waals surface area contributed by atoms with Gasteiger partial charge in [-0.25, -0.2) is 14.0 Å². The van der Waals surface area contributed by atoms with Gasteiger partial charge >= 0.3 is 30.3 Å². The summed E-state index contributed by atoms with van der Waals surface area (Å²) in [6, 6.07) is 9.36. The van der Waals surface area contributed by atoms with Crippen LogP contribution in [0.1, 0.15) is 55.0 Å². The molecule has 3 aromatic carbocycles. The largest absolute Gasteiger partial charge is 0.480 e. The second-order valence-electron chi connectivity index (χ2n) is 13.5. The number of halogens is 8. The van der Waals surface area contributed by atoms with Crippen molar-refractivity contribution in [1.82, 2.24) is 10.2 Å². The number of benzene rings is 3. The van der Waals surface area contributed by atoms with E-state index in [9.17, 15) is 64.6 Å². The first kappa shape index (κ1) is 56.2. The molecular formula is C38H40ClF7N5O13PS. The number of hydrogen-bond donors (Lipinski definition) is 3. The highest BCUT2D eigenvalue weighted by Gasteiger charge is 2.36. The van der Waals surface area contributed by atoms with Gasteiger partial charge in [0, 0.05) is 36.7 Å². The number of amides is 1. The number of anilines is 1. The zero-order valence-electron chi connectivity index (χ0n) is 35.0. The first-order valence-corrected chi connectivity index (χ1v) is 22.0. The van der Waals surface area contributed by atoms with E-state index in [1.54, 1.807) is 20.8 Å². The van der Waals surface area contributed by atoms with Gasteiger partial charge in [0.05, 0.1) is 22.1 Å². The van der Waals surface area contributed by atoms with Gasteiger partial charge in [-0.1, -0.05) is 28.0 Å². The van der Waals surface area contributed by atoms with Crippen molar-refractivity contribution < 1.29 is 88.3 Å². The summed E-state index contributed by atoms with van der Waals surface area (Å²) in [6.07, 6.45) is -10.6. The standard InChI is InChI=1S/C19H15ClF3NO7.C14H13F4N3O2S.C5H12NO4P/c1-3-29-17(25)10(2)30-18(26)13-9-12(5-6-15(13)24(27)28)31-16-7-4-11(8-14(16)20)19(21,22)23;1-8(2)21(10-5-3-9(15)4-6-10)11(22)7-23-13-20-19-12(24-13)14(16,17)18;1-11(9,10)3-2-4(6)5(7)8/h4-10H,3H2,1-2H3;3-6,8H,7H2,1-2H3;4H,2-3,6H2,1H3,(H,7,8)(H,9,10). The molecule has 0 aliphatic carbocycles. The third-order valence-corrected chi connectivity index (χ3v) is 10.1. The maximum Gasteiger partial charge on any atom is 0.445 e. The van der Waals surface area contributed by atoms with Gasteiger partial charge in [0.25, 0.3) is 16.8 Å². The Morgan fingerprint density at radius 1 is 0.985 bits per heavy atom. The fourth-order valence-corrected chi connectivity index (χ4v) is 6.27. The molecule has 4 rings (SSSR count). The summed E-state index contributed by atoms with van der Waals surface area (Å²) < 4.78 is 119. The van der Waals surface area contributed by atoms with Gasteiger partial charge in [0.1, 0.15) is 28.9 Å². The second kappa shape index (κ2) is 24.5. The number of nitro benzene ring substituents is 1. The Balaban J connectivity index is 0.000000378. The molecule has 0 aliphatic rings. The predicted molar refractivity (Wildman–Crippen MR) is 221 cm³/mol. The van der Waals surface area contributed by atoms with Crippen molar-refractivity contribution in [3.8, 4) is 16.7 Å². The number of aromatic nitrogens is 2. The Kier molecular flexibility index (Phi) is 20.9. The minimum atomic E-state index is -4.61. The Morgan fingerprint density at radius 3 is 2.09 bits per heavy atom. The number of ether oxygens (including phenoxy) is 4. The van der Waals surface area contributed by atoms with Gasteiger partial charge < -0.3 is 39.6 Å². The molecule has 1 aromatic heterocycles. The monoisotopic (exact) mass is 1010 g/mol. The van der Waals surface area contributed by atoms with E-state index in [1.165, 1.54) is 42.8 Å². The number of carboxylic acid groups (broad SMARTS) is 1. The van der Waals surface area contributed by atoms with E-state index in [1.807, 2.05) is 0 Å². The van der Waals surface area contributed by atoms with Crippen LogP contribution in [-0.2, 0) is 40.8 Å². The van der Waals surface area contributed by atoms with Crippen molar-refractivity contribution in [1.29, 1.82) is 0 Å². The Morgan fingerprint density at radius 2 is 1.61 bits per heavy atom. The molecule has 3 unspecified atom stereocenters. The number of alkyl halides is 6. The fraction of sp³-hybridized carbons (Fsp3) is 0.368. The lowest BCUT2D eigenvalue weighted by atomic mass is 10.1. The number of carbonyl (C=O) groups excluding carboxylic acids is 3. The van der Waals surface area contributed by atoms with Gasteiger partial charge in [0.2, 0.25) is 5.01 Å². The zero-order valence-corrected chi connectivity index (χ0v) is 37.4. The van der Waals surface area contributed by atoms with Crippen LogP contribution in [0.4, 0.5) is 42.1 Å². The van der Waals surface area contributed by atoms with Crippen molar-refractivity contribution in [2.24, 2.45) is 5.73 Å². The van der Waals surface area contributed by atoms with E-state index in [-0.39, 0.29) is 58.3 Å². The molecule has 362 valence electrons. The summed E-state index contributed by atoms with van der Waals surface area (Å²) in [5.41, 5.74) is 3.38. The summed E-state index contributed by atoms with van der Waals surface area (Å²) in [7, 11) is -3.10. The lowest BCUT2D eigenvalue weighted by molar-refractivity contribution is -0.385. The normalized spacial score (nSPS) is 13.0. The number of aliphatic carboxylic acids is 1. The van der Waals surface area contributed by atoms with Crippen LogP contribution in [0.5, 0.6) is 16.7 Å². The minimum Gasteiger partial charge on any atom is -0.480 e. The highest BCUT2D eigenvalue weighted by Crippen LogP contribution is 2.38. The second-order valence-corrected chi connectivity index (χ2v) is 17.4. The van der Waals surface area contributed by atoms with Crippen LogP contribution >= 0.6 is 30.3 Å². The van der Waals surface area contributed by atoms with Crippen LogP contribution in [0.15, 0.2) is 60.7 Å². The van der Waals surface area contributed by atoms with Gasteiger partial charge in [-0.05, 0) is 82.6 Å². The van der Waals surface area contributed by atoms with Gasteiger partial charge in [-0.15, -0.1) is 5.10 Å². The highest BCUT2D eigenvalue weighted by molar-refractivity contribution is 7.57. The van der Waals surface area contributed by atoms with Crippen molar-refractivity contribution in [2.45, 2.75) is 64.7 Å². The van der Waals surface area contributed by atoms with E-state index in [0.29, 0.717) is 11.8 Å². The highest BCUT2D eigenvalue weighted by atomic mass is 35.5. The summed E-state index contributed by atoms with van der Waals surface area (Å²) in [4.78, 5) is 66.9. The average molecular weight is 1010 g/mol. The first-order chi connectivity index (χ1) is 30.4. The fourth-order valence-electron chi connectivity index (χ4n) is 4.73. The number of esters is 2. The number of carboxylic acids is 1. The first-order valence-electron chi connectivity index (χ1n) is 18.5. The molecule has 18 nitrogen and oxygen atoms in total. The van der Waals surface area contributed by atoms with Crippen LogP contribution in [0.3, 0.4) is 0 Å². The maximum absolute atomic E-state index is 13.0.